The maximum atomic E-state index is 12.2. The van der Waals surface area contributed by atoms with Gasteiger partial charge in [0.2, 0.25) is 5.82 Å². The number of benzene rings is 2. The number of carbonyl (C=O) groups is 2. The van der Waals surface area contributed by atoms with Crippen molar-refractivity contribution in [3.05, 3.63) is 47.0 Å². The normalized spacial score (nSPS) is 20.2. The average molecular weight is 441 g/mol. The van der Waals surface area contributed by atoms with Crippen LogP contribution in [-0.4, -0.2) is 35.3 Å². The number of aromatic nitrogens is 2. The Labute approximate surface area is 181 Å². The molecule has 0 radical (unpaired) electrons. The summed E-state index contributed by atoms with van der Waals surface area (Å²) in [6.07, 6.45) is 0.763. The molecule has 1 atom stereocenters. The monoisotopic (exact) mass is 440 g/mol. The third-order valence-electron chi connectivity index (χ3n) is 5.22. The fourth-order valence-electron chi connectivity index (χ4n) is 3.53. The van der Waals surface area contributed by atoms with E-state index < -0.39 is 17.5 Å². The average Bonchev–Trinajstić information content (AvgIpc) is 3.25. The van der Waals surface area contributed by atoms with Crippen LogP contribution < -0.4 is 20.1 Å². The second-order valence-corrected chi connectivity index (χ2v) is 7.78. The first-order chi connectivity index (χ1) is 14.9. The molecule has 3 amide bonds. The lowest BCUT2D eigenvalue weighted by Crippen LogP contribution is -2.40. The van der Waals surface area contributed by atoms with E-state index in [1.165, 1.54) is 0 Å². The van der Waals surface area contributed by atoms with Gasteiger partial charge in [0, 0.05) is 17.5 Å². The van der Waals surface area contributed by atoms with Gasteiger partial charge in [-0.05, 0) is 30.7 Å². The van der Waals surface area contributed by atoms with Crippen molar-refractivity contribution in [2.45, 2.75) is 18.9 Å². The van der Waals surface area contributed by atoms with Crippen LogP contribution in [0, 0.1) is 0 Å². The highest BCUT2D eigenvalue weighted by atomic mass is 35.5. The van der Waals surface area contributed by atoms with E-state index in [0.29, 0.717) is 52.3 Å². The zero-order valence-electron chi connectivity index (χ0n) is 16.4. The second-order valence-electron chi connectivity index (χ2n) is 7.37. The molecule has 3 aromatic rings. The number of hydrogen-bond acceptors (Lipinski definition) is 7. The van der Waals surface area contributed by atoms with Crippen LogP contribution in [0.2, 0.25) is 5.02 Å². The van der Waals surface area contributed by atoms with Crippen molar-refractivity contribution in [3.63, 3.8) is 0 Å². The van der Waals surface area contributed by atoms with Crippen LogP contribution in [0.4, 0.5) is 4.79 Å². The molecule has 1 aromatic heterocycles. The number of amides is 3. The van der Waals surface area contributed by atoms with Gasteiger partial charge >= 0.3 is 6.03 Å². The van der Waals surface area contributed by atoms with Crippen LogP contribution in [0.5, 0.6) is 11.5 Å². The van der Waals surface area contributed by atoms with E-state index in [-0.39, 0.29) is 5.89 Å². The van der Waals surface area contributed by atoms with Gasteiger partial charge in [0.1, 0.15) is 5.54 Å². The lowest BCUT2D eigenvalue weighted by Gasteiger charge is -2.21. The molecule has 5 rings (SSSR count). The molecule has 9 nitrogen and oxygen atoms in total. The third kappa shape index (κ3) is 3.36. The minimum absolute atomic E-state index is 0.260. The SMILES string of the molecule is CC1(c2cccc(-c3noc(-c4cc(Cl)c5c(c4)OCCCO5)n3)c2)NC(=O)NC1=O. The first kappa shape index (κ1) is 19.4. The second kappa shape index (κ2) is 7.28. The van der Waals surface area contributed by atoms with E-state index in [2.05, 4.69) is 20.8 Å². The van der Waals surface area contributed by atoms with E-state index in [1.54, 1.807) is 43.3 Å². The van der Waals surface area contributed by atoms with Crippen molar-refractivity contribution in [2.24, 2.45) is 0 Å². The number of halogens is 1. The fraction of sp³-hybridized carbons (Fsp3) is 0.238. The van der Waals surface area contributed by atoms with Gasteiger partial charge in [-0.2, -0.15) is 4.98 Å². The lowest BCUT2D eigenvalue weighted by atomic mass is 9.91. The van der Waals surface area contributed by atoms with Crippen LogP contribution in [0.1, 0.15) is 18.9 Å². The molecule has 0 bridgehead atoms. The van der Waals surface area contributed by atoms with Gasteiger partial charge in [-0.3, -0.25) is 10.1 Å². The Hall–Kier alpha value is -3.59. The highest BCUT2D eigenvalue weighted by Crippen LogP contribution is 2.40. The van der Waals surface area contributed by atoms with Gasteiger partial charge in [-0.15, -0.1) is 0 Å². The molecule has 31 heavy (non-hydrogen) atoms. The molecule has 2 aliphatic heterocycles. The van der Waals surface area contributed by atoms with Gasteiger partial charge in [0.05, 0.1) is 18.2 Å². The number of fused-ring (bicyclic) bond motifs is 1. The van der Waals surface area contributed by atoms with E-state index >= 15 is 0 Å². The Bertz CT molecular complexity index is 1210. The Morgan fingerprint density at radius 2 is 1.94 bits per heavy atom. The summed E-state index contributed by atoms with van der Waals surface area (Å²) in [7, 11) is 0. The topological polar surface area (TPSA) is 116 Å². The molecule has 2 N–H and O–H groups in total. The molecule has 1 fully saturated rings. The van der Waals surface area contributed by atoms with Crippen molar-refractivity contribution < 1.29 is 23.6 Å². The summed E-state index contributed by atoms with van der Waals surface area (Å²) in [6.45, 7) is 2.69. The quantitative estimate of drug-likeness (QED) is 0.600. The molecular weight excluding hydrogens is 424 g/mol. The molecule has 2 aliphatic rings. The summed E-state index contributed by atoms with van der Waals surface area (Å²) in [4.78, 5) is 28.3. The van der Waals surface area contributed by atoms with E-state index in [4.69, 9.17) is 25.6 Å². The number of rotatable bonds is 3. The van der Waals surface area contributed by atoms with Gasteiger partial charge in [-0.1, -0.05) is 35.0 Å². The summed E-state index contributed by atoms with van der Waals surface area (Å²) >= 11 is 6.36. The number of imide groups is 1. The predicted molar refractivity (Wildman–Crippen MR) is 110 cm³/mol. The molecule has 158 valence electrons. The number of nitrogens with one attached hydrogen (secondary N) is 2. The predicted octanol–water partition coefficient (Wildman–Crippen LogP) is 3.27. The summed E-state index contributed by atoms with van der Waals surface area (Å²) in [5.41, 5.74) is 0.640. The number of urea groups is 1. The summed E-state index contributed by atoms with van der Waals surface area (Å²) in [5.74, 6) is 1.19. The van der Waals surface area contributed by atoms with E-state index in [0.717, 1.165) is 6.42 Å². The largest absolute Gasteiger partial charge is 0.489 e. The van der Waals surface area contributed by atoms with Crippen molar-refractivity contribution in [2.75, 3.05) is 13.2 Å². The molecule has 10 heteroatoms. The van der Waals surface area contributed by atoms with Crippen LogP contribution >= 0.6 is 11.6 Å². The molecule has 1 unspecified atom stereocenters. The highest BCUT2D eigenvalue weighted by molar-refractivity contribution is 6.32. The Morgan fingerprint density at radius 1 is 1.10 bits per heavy atom. The molecule has 3 heterocycles. The highest BCUT2D eigenvalue weighted by Gasteiger charge is 2.43. The van der Waals surface area contributed by atoms with Crippen molar-refractivity contribution in [1.82, 2.24) is 20.8 Å². The smallest absolute Gasteiger partial charge is 0.322 e. The molecule has 0 aliphatic carbocycles. The van der Waals surface area contributed by atoms with Gasteiger partial charge in [0.15, 0.2) is 11.5 Å². The minimum atomic E-state index is -1.18. The maximum absolute atomic E-state index is 12.2. The van der Waals surface area contributed by atoms with E-state index in [9.17, 15) is 9.59 Å². The maximum Gasteiger partial charge on any atom is 0.322 e. The standard InChI is InChI=1S/C21H17ClN4O5/c1-21(19(27)24-20(28)25-21)13-5-2-4-11(8-13)17-23-18(31-26-17)12-9-14(22)16-15(10-12)29-6-3-7-30-16/h2,4-5,8-10H,3,6-7H2,1H3,(H2,24,25,27,28). The zero-order chi connectivity index (χ0) is 21.6. The number of nitrogens with zero attached hydrogens (tertiary/aromatic N) is 2. The Balaban J connectivity index is 1.48. The zero-order valence-corrected chi connectivity index (χ0v) is 17.2. The van der Waals surface area contributed by atoms with Crippen LogP contribution in [0.3, 0.4) is 0 Å². The fourth-order valence-corrected chi connectivity index (χ4v) is 3.79. The van der Waals surface area contributed by atoms with Crippen LogP contribution in [-0.2, 0) is 10.3 Å². The molecule has 2 aromatic carbocycles. The first-order valence-corrected chi connectivity index (χ1v) is 9.99. The van der Waals surface area contributed by atoms with E-state index in [1.807, 2.05) is 0 Å². The van der Waals surface area contributed by atoms with Crippen LogP contribution in [0.25, 0.3) is 22.8 Å². The molecule has 0 spiro atoms. The number of ether oxygens (including phenoxy) is 2. The number of hydrogen-bond donors (Lipinski definition) is 2. The van der Waals surface area contributed by atoms with Crippen molar-refractivity contribution >= 4 is 23.5 Å². The van der Waals surface area contributed by atoms with Crippen LogP contribution in [0.15, 0.2) is 40.9 Å². The van der Waals surface area contributed by atoms with Crippen molar-refractivity contribution in [1.29, 1.82) is 0 Å². The van der Waals surface area contributed by atoms with Gasteiger partial charge < -0.3 is 19.3 Å². The molecule has 1 saturated heterocycles. The summed E-state index contributed by atoms with van der Waals surface area (Å²) < 4.78 is 16.8. The Morgan fingerprint density at radius 3 is 2.74 bits per heavy atom. The lowest BCUT2D eigenvalue weighted by molar-refractivity contribution is -0.123. The first-order valence-electron chi connectivity index (χ1n) is 9.62. The molecule has 0 saturated carbocycles. The summed E-state index contributed by atoms with van der Waals surface area (Å²) in [6, 6.07) is 9.93. The number of carbonyl (C=O) groups excluding carboxylic acids is 2. The van der Waals surface area contributed by atoms with Gasteiger partial charge in [0.25, 0.3) is 11.8 Å². The van der Waals surface area contributed by atoms with Gasteiger partial charge in [-0.25, -0.2) is 4.79 Å². The minimum Gasteiger partial charge on any atom is -0.489 e. The molecular formula is C21H17ClN4O5. The van der Waals surface area contributed by atoms with Crippen molar-refractivity contribution in [3.8, 4) is 34.3 Å². The third-order valence-corrected chi connectivity index (χ3v) is 5.50. The summed E-state index contributed by atoms with van der Waals surface area (Å²) in [5, 5.41) is 9.35. The Kier molecular flexibility index (Phi) is 4.55.